The molecule has 0 radical (unpaired) electrons. The number of hydrogen-bond donors (Lipinski definition) is 3. The smallest absolute Gasteiger partial charge is 0.258 e. The summed E-state index contributed by atoms with van der Waals surface area (Å²) in [6.07, 6.45) is 5.64. The van der Waals surface area contributed by atoms with Gasteiger partial charge in [-0.05, 0) is 44.2 Å². The number of benzene rings is 1. The topological polar surface area (TPSA) is 100 Å². The minimum absolute atomic E-state index is 0.0689. The van der Waals surface area contributed by atoms with Gasteiger partial charge >= 0.3 is 0 Å². The first-order valence-electron chi connectivity index (χ1n) is 11.2. The fourth-order valence-corrected chi connectivity index (χ4v) is 6.32. The number of anilines is 2. The van der Waals surface area contributed by atoms with Crippen LogP contribution in [0.1, 0.15) is 48.0 Å². The third-order valence-corrected chi connectivity index (χ3v) is 7.98. The monoisotopic (exact) mass is 471 g/mol. The average Bonchev–Trinajstić information content (AvgIpc) is 3.33. The maximum atomic E-state index is 15.6. The highest BCUT2D eigenvalue weighted by Crippen LogP contribution is 2.59. The predicted octanol–water partition coefficient (Wildman–Crippen LogP) is 3.57. The van der Waals surface area contributed by atoms with Gasteiger partial charge in [0.15, 0.2) is 0 Å². The van der Waals surface area contributed by atoms with Crippen LogP contribution in [0.2, 0.25) is 5.02 Å². The summed E-state index contributed by atoms with van der Waals surface area (Å²) in [6.45, 7) is 1.36. The lowest BCUT2D eigenvalue weighted by Gasteiger charge is -2.34. The summed E-state index contributed by atoms with van der Waals surface area (Å²) in [4.78, 5) is 31.2. The first-order valence-corrected chi connectivity index (χ1v) is 11.6. The summed E-state index contributed by atoms with van der Waals surface area (Å²) >= 11 is 6.95. The Morgan fingerprint density at radius 2 is 1.94 bits per heavy atom. The Labute approximate surface area is 196 Å². The van der Waals surface area contributed by atoms with E-state index in [9.17, 15) is 9.59 Å². The first kappa shape index (κ1) is 21.9. The van der Waals surface area contributed by atoms with E-state index in [0.29, 0.717) is 29.4 Å². The number of nitrogens with two attached hydrogens (primary N) is 1. The largest absolute Gasteiger partial charge is 0.398 e. The number of nitrogen functional groups attached to an aromatic ring is 1. The lowest BCUT2D eigenvalue weighted by molar-refractivity contribution is -0.133. The molecule has 1 saturated carbocycles. The molecule has 2 aliphatic heterocycles. The molecule has 0 bridgehead atoms. The zero-order chi connectivity index (χ0) is 23.5. The van der Waals surface area contributed by atoms with Crippen molar-refractivity contribution in [3.8, 4) is 11.1 Å². The molecule has 3 heterocycles. The van der Waals surface area contributed by atoms with E-state index in [1.165, 1.54) is 23.2 Å². The van der Waals surface area contributed by atoms with E-state index >= 15 is 4.39 Å². The SMILES string of the molecule is CN(C)C(=O)c1c(N)ccc(-c2cnc3c(c2Cl)[C@]2(CC[C@@]4(CCCNC4=O)C2)CN3)c1F. The maximum absolute atomic E-state index is 15.6. The summed E-state index contributed by atoms with van der Waals surface area (Å²) in [6, 6.07) is 3.05. The number of nitrogens with zero attached hydrogens (tertiary/aromatic N) is 2. The molecule has 2 spiro atoms. The van der Waals surface area contributed by atoms with E-state index in [1.807, 2.05) is 0 Å². The summed E-state index contributed by atoms with van der Waals surface area (Å²) < 4.78 is 15.6. The van der Waals surface area contributed by atoms with Crippen molar-refractivity contribution in [3.05, 3.63) is 40.3 Å². The quantitative estimate of drug-likeness (QED) is 0.581. The molecule has 1 aliphatic carbocycles. The van der Waals surface area contributed by atoms with E-state index in [4.69, 9.17) is 17.3 Å². The second-order valence-corrected chi connectivity index (χ2v) is 10.1. The van der Waals surface area contributed by atoms with Crippen LogP contribution in [0, 0.1) is 11.2 Å². The molecular formula is C24H27ClFN5O2. The molecule has 33 heavy (non-hydrogen) atoms. The summed E-state index contributed by atoms with van der Waals surface area (Å²) in [7, 11) is 3.09. The lowest BCUT2D eigenvalue weighted by Crippen LogP contribution is -2.45. The number of fused-ring (bicyclic) bond motifs is 2. The van der Waals surface area contributed by atoms with Gasteiger partial charge in [0.2, 0.25) is 5.91 Å². The van der Waals surface area contributed by atoms with Crippen molar-refractivity contribution >= 4 is 34.9 Å². The minimum Gasteiger partial charge on any atom is -0.398 e. The van der Waals surface area contributed by atoms with Crippen LogP contribution in [0.25, 0.3) is 11.1 Å². The van der Waals surface area contributed by atoms with E-state index in [0.717, 1.165) is 37.8 Å². The highest BCUT2D eigenvalue weighted by molar-refractivity contribution is 6.34. The van der Waals surface area contributed by atoms with Crippen molar-refractivity contribution < 1.29 is 14.0 Å². The zero-order valence-electron chi connectivity index (χ0n) is 18.7. The predicted molar refractivity (Wildman–Crippen MR) is 126 cm³/mol. The summed E-state index contributed by atoms with van der Waals surface area (Å²) in [5.41, 5.74) is 6.54. The van der Waals surface area contributed by atoms with Crippen LogP contribution in [0.5, 0.6) is 0 Å². The van der Waals surface area contributed by atoms with Crippen LogP contribution in [-0.4, -0.2) is 48.9 Å². The molecular weight excluding hydrogens is 445 g/mol. The van der Waals surface area contributed by atoms with Crippen molar-refractivity contribution in [3.63, 3.8) is 0 Å². The van der Waals surface area contributed by atoms with Crippen molar-refractivity contribution in [2.24, 2.45) is 5.41 Å². The Morgan fingerprint density at radius 1 is 1.18 bits per heavy atom. The fourth-order valence-electron chi connectivity index (χ4n) is 5.88. The highest BCUT2D eigenvalue weighted by Gasteiger charge is 2.56. The van der Waals surface area contributed by atoms with Gasteiger partial charge < -0.3 is 21.3 Å². The van der Waals surface area contributed by atoms with E-state index in [-0.39, 0.29) is 28.1 Å². The van der Waals surface area contributed by atoms with Gasteiger partial charge in [0.25, 0.3) is 5.91 Å². The molecule has 174 valence electrons. The van der Waals surface area contributed by atoms with Crippen molar-refractivity contribution in [1.82, 2.24) is 15.2 Å². The summed E-state index contributed by atoms with van der Waals surface area (Å²) in [5.74, 6) is -0.434. The van der Waals surface area contributed by atoms with Crippen molar-refractivity contribution in [2.45, 2.75) is 37.5 Å². The Bertz CT molecular complexity index is 1190. The molecule has 1 saturated heterocycles. The highest BCUT2D eigenvalue weighted by atomic mass is 35.5. The summed E-state index contributed by atoms with van der Waals surface area (Å²) in [5, 5.41) is 6.79. The van der Waals surface area contributed by atoms with Crippen LogP contribution in [0.15, 0.2) is 18.3 Å². The van der Waals surface area contributed by atoms with Gasteiger partial charge in [-0.2, -0.15) is 0 Å². The number of carbonyl (C=O) groups excluding carboxylic acids is 2. The second kappa shape index (κ2) is 7.58. The Morgan fingerprint density at radius 3 is 2.67 bits per heavy atom. The number of amides is 2. The van der Waals surface area contributed by atoms with Crippen LogP contribution in [0.3, 0.4) is 0 Å². The Kier molecular flexibility index (Phi) is 5.04. The molecule has 9 heteroatoms. The molecule has 7 nitrogen and oxygen atoms in total. The van der Waals surface area contributed by atoms with Crippen LogP contribution in [0.4, 0.5) is 15.9 Å². The van der Waals surface area contributed by atoms with Gasteiger partial charge in [0.1, 0.15) is 11.6 Å². The van der Waals surface area contributed by atoms with Crippen LogP contribution < -0.4 is 16.4 Å². The first-order chi connectivity index (χ1) is 15.7. The molecule has 2 atom stereocenters. The van der Waals surface area contributed by atoms with Gasteiger partial charge in [-0.25, -0.2) is 9.37 Å². The van der Waals surface area contributed by atoms with Crippen LogP contribution >= 0.6 is 11.6 Å². The number of rotatable bonds is 2. The van der Waals surface area contributed by atoms with Crippen LogP contribution in [-0.2, 0) is 10.2 Å². The number of hydrogen-bond acceptors (Lipinski definition) is 5. The zero-order valence-corrected chi connectivity index (χ0v) is 19.5. The molecule has 5 rings (SSSR count). The molecule has 1 aromatic heterocycles. The van der Waals surface area contributed by atoms with E-state index in [2.05, 4.69) is 15.6 Å². The van der Waals surface area contributed by atoms with Crippen molar-refractivity contribution in [1.29, 1.82) is 0 Å². The number of pyridine rings is 1. The lowest BCUT2D eigenvalue weighted by atomic mass is 9.73. The molecule has 4 N–H and O–H groups in total. The number of nitrogens with one attached hydrogen (secondary N) is 2. The van der Waals surface area contributed by atoms with Gasteiger partial charge in [0, 0.05) is 61.2 Å². The number of carbonyl (C=O) groups is 2. The standard InChI is InChI=1S/C24H27ClFN5O2/c1-31(2)21(32)16-15(27)5-4-13(19(16)26)14-10-29-20-17(18(14)25)24(12-30-20)8-7-23(11-24)6-3-9-28-22(23)33/h4-5,10H,3,6-9,11-12,27H2,1-2H3,(H,28,33)(H,29,30)/t23-,24-/m0/s1. The Balaban J connectivity index is 1.61. The van der Waals surface area contributed by atoms with Gasteiger partial charge in [-0.1, -0.05) is 11.6 Å². The molecule has 0 unspecified atom stereocenters. The normalized spacial score (nSPS) is 25.8. The molecule has 2 amide bonds. The minimum atomic E-state index is -0.716. The Hall–Kier alpha value is -2.87. The van der Waals surface area contributed by atoms with Gasteiger partial charge in [-0.3, -0.25) is 9.59 Å². The van der Waals surface area contributed by atoms with E-state index in [1.54, 1.807) is 14.1 Å². The van der Waals surface area contributed by atoms with Gasteiger partial charge in [-0.15, -0.1) is 0 Å². The fraction of sp³-hybridized carbons (Fsp3) is 0.458. The molecule has 2 fully saturated rings. The molecule has 3 aliphatic rings. The third kappa shape index (κ3) is 3.18. The van der Waals surface area contributed by atoms with E-state index < -0.39 is 17.1 Å². The number of halogens is 2. The second-order valence-electron chi connectivity index (χ2n) is 9.75. The number of aromatic nitrogens is 1. The maximum Gasteiger partial charge on any atom is 0.258 e. The average molecular weight is 472 g/mol. The van der Waals surface area contributed by atoms with Crippen molar-refractivity contribution in [2.75, 3.05) is 38.2 Å². The molecule has 2 aromatic rings. The molecule has 1 aromatic carbocycles. The van der Waals surface area contributed by atoms with Gasteiger partial charge in [0.05, 0.1) is 16.0 Å². The third-order valence-electron chi connectivity index (χ3n) is 7.58. The number of piperidine rings is 1.